The monoisotopic (exact) mass is 532 g/mol. The quantitative estimate of drug-likeness (QED) is 0.304. The SMILES string of the molecule is C=CCOC(=O)[C@@H]1[C@H]2C(=O)N([C@@H](CO)[C@@H](C)CC)C(C(=O)N(CC=C)C(C)(C)CC(C)(C)C)C23CC[C@H]1O3. The summed E-state index contributed by atoms with van der Waals surface area (Å²) in [6.07, 6.45) is 5.22. The van der Waals surface area contributed by atoms with Gasteiger partial charge in [-0.2, -0.15) is 0 Å². The Kier molecular flexibility index (Phi) is 8.89. The molecular weight excluding hydrogens is 484 g/mol. The molecular formula is C30H48N2O6. The maximum absolute atomic E-state index is 14.7. The van der Waals surface area contributed by atoms with Crippen LogP contribution in [-0.2, 0) is 23.9 Å². The highest BCUT2D eigenvalue weighted by Gasteiger charge is 2.76. The third kappa shape index (κ3) is 5.18. The Balaban J connectivity index is 2.14. The second kappa shape index (κ2) is 11.1. The fourth-order valence-electron chi connectivity index (χ4n) is 7.35. The van der Waals surface area contributed by atoms with E-state index >= 15 is 0 Å². The van der Waals surface area contributed by atoms with Crippen LogP contribution in [0.5, 0.6) is 0 Å². The summed E-state index contributed by atoms with van der Waals surface area (Å²) in [5, 5.41) is 10.5. The summed E-state index contributed by atoms with van der Waals surface area (Å²) < 4.78 is 11.9. The van der Waals surface area contributed by atoms with Crippen LogP contribution in [0.4, 0.5) is 0 Å². The van der Waals surface area contributed by atoms with Crippen LogP contribution in [0.3, 0.4) is 0 Å². The number of carbonyl (C=O) groups is 3. The Labute approximate surface area is 228 Å². The van der Waals surface area contributed by atoms with Gasteiger partial charge in [-0.1, -0.05) is 59.8 Å². The Morgan fingerprint density at radius 3 is 2.45 bits per heavy atom. The number of esters is 1. The number of aliphatic hydroxyl groups excluding tert-OH is 1. The number of ether oxygens (including phenoxy) is 2. The molecule has 3 aliphatic heterocycles. The lowest BCUT2D eigenvalue weighted by atomic mass is 9.70. The fourth-order valence-corrected chi connectivity index (χ4v) is 7.35. The summed E-state index contributed by atoms with van der Waals surface area (Å²) in [7, 11) is 0. The van der Waals surface area contributed by atoms with Crippen LogP contribution >= 0.6 is 0 Å². The first-order chi connectivity index (χ1) is 17.7. The van der Waals surface area contributed by atoms with Crippen molar-refractivity contribution >= 4 is 17.8 Å². The van der Waals surface area contributed by atoms with Gasteiger partial charge in [0, 0.05) is 12.1 Å². The average molecular weight is 533 g/mol. The Bertz CT molecular complexity index is 940. The minimum absolute atomic E-state index is 0.0439. The summed E-state index contributed by atoms with van der Waals surface area (Å²) >= 11 is 0. The van der Waals surface area contributed by atoms with E-state index in [2.05, 4.69) is 33.9 Å². The fraction of sp³-hybridized carbons (Fsp3) is 0.767. The standard InChI is InChI=1S/C30H48N2O6/c1-10-15-31(29(8,9)18-28(5,6)7)26(35)24-30-14-13-21(38-30)22(27(36)37-16-11-2)23(30)25(34)32(24)20(17-33)19(4)12-3/h10-11,19-24,33H,1-2,12-18H2,3-9H3/t19-,20-,21+,22-,23-,24?,30?/m0/s1. The first-order valence-corrected chi connectivity index (χ1v) is 14.0. The number of fused-ring (bicyclic) bond motifs is 1. The van der Waals surface area contributed by atoms with E-state index in [1.807, 2.05) is 27.7 Å². The predicted molar refractivity (Wildman–Crippen MR) is 146 cm³/mol. The molecule has 0 aromatic rings. The molecule has 1 spiro atoms. The molecule has 3 aliphatic rings. The normalized spacial score (nSPS) is 30.1. The largest absolute Gasteiger partial charge is 0.461 e. The highest BCUT2D eigenvalue weighted by Crippen LogP contribution is 2.59. The summed E-state index contributed by atoms with van der Waals surface area (Å²) in [5.74, 6) is -2.71. The molecule has 0 aliphatic carbocycles. The van der Waals surface area contributed by atoms with Crippen molar-refractivity contribution in [1.82, 2.24) is 9.80 Å². The van der Waals surface area contributed by atoms with Crippen LogP contribution in [0.25, 0.3) is 0 Å². The van der Waals surface area contributed by atoms with Crippen molar-refractivity contribution in [1.29, 1.82) is 0 Å². The number of nitrogens with zero attached hydrogens (tertiary/aromatic N) is 2. The predicted octanol–water partition coefficient (Wildman–Crippen LogP) is 3.73. The maximum atomic E-state index is 14.7. The molecule has 0 aromatic carbocycles. The molecule has 2 bridgehead atoms. The molecule has 0 saturated carbocycles. The number of aliphatic hydroxyl groups is 1. The van der Waals surface area contributed by atoms with Gasteiger partial charge in [-0.15, -0.1) is 6.58 Å². The van der Waals surface area contributed by atoms with Crippen molar-refractivity contribution < 1.29 is 29.0 Å². The number of hydrogen-bond acceptors (Lipinski definition) is 6. The minimum atomic E-state index is -1.14. The summed E-state index contributed by atoms with van der Waals surface area (Å²) in [6, 6.07) is -1.53. The third-order valence-corrected chi connectivity index (χ3v) is 8.70. The molecule has 3 fully saturated rings. The summed E-state index contributed by atoms with van der Waals surface area (Å²) in [5.41, 5.74) is -1.74. The molecule has 8 nitrogen and oxygen atoms in total. The number of hydrogen-bond donors (Lipinski definition) is 1. The van der Waals surface area contributed by atoms with Crippen LogP contribution in [0, 0.1) is 23.2 Å². The van der Waals surface area contributed by atoms with Crippen LogP contribution in [0.15, 0.2) is 25.3 Å². The zero-order valence-electron chi connectivity index (χ0n) is 24.4. The highest BCUT2D eigenvalue weighted by atomic mass is 16.6. The van der Waals surface area contributed by atoms with E-state index in [4.69, 9.17) is 9.47 Å². The van der Waals surface area contributed by atoms with Crippen molar-refractivity contribution in [3.05, 3.63) is 25.3 Å². The maximum Gasteiger partial charge on any atom is 0.312 e. The smallest absolute Gasteiger partial charge is 0.312 e. The Morgan fingerprint density at radius 1 is 1.26 bits per heavy atom. The van der Waals surface area contributed by atoms with Crippen molar-refractivity contribution in [3.8, 4) is 0 Å². The molecule has 214 valence electrons. The van der Waals surface area contributed by atoms with E-state index in [0.717, 1.165) is 6.42 Å². The lowest BCUT2D eigenvalue weighted by Crippen LogP contribution is -2.63. The van der Waals surface area contributed by atoms with E-state index in [0.29, 0.717) is 25.8 Å². The van der Waals surface area contributed by atoms with Crippen molar-refractivity contribution in [2.24, 2.45) is 23.2 Å². The van der Waals surface area contributed by atoms with Crippen LogP contribution < -0.4 is 0 Å². The first-order valence-electron chi connectivity index (χ1n) is 14.0. The summed E-state index contributed by atoms with van der Waals surface area (Å²) in [6.45, 7) is 22.0. The zero-order valence-corrected chi connectivity index (χ0v) is 24.4. The third-order valence-electron chi connectivity index (χ3n) is 8.70. The van der Waals surface area contributed by atoms with Gasteiger partial charge in [0.25, 0.3) is 0 Å². The van der Waals surface area contributed by atoms with Gasteiger partial charge in [0.05, 0.1) is 30.6 Å². The van der Waals surface area contributed by atoms with E-state index in [1.165, 1.54) is 6.08 Å². The van der Waals surface area contributed by atoms with E-state index in [9.17, 15) is 19.5 Å². The molecule has 3 saturated heterocycles. The second-order valence-electron chi connectivity index (χ2n) is 13.1. The van der Waals surface area contributed by atoms with Crippen molar-refractivity contribution in [2.45, 2.75) is 103 Å². The molecule has 0 radical (unpaired) electrons. The van der Waals surface area contributed by atoms with Gasteiger partial charge in [-0.3, -0.25) is 14.4 Å². The topological polar surface area (TPSA) is 96.4 Å². The second-order valence-corrected chi connectivity index (χ2v) is 13.1. The first kappa shape index (κ1) is 30.4. The van der Waals surface area contributed by atoms with Gasteiger partial charge in [0.15, 0.2) is 0 Å². The zero-order chi connectivity index (χ0) is 28.6. The van der Waals surface area contributed by atoms with Crippen LogP contribution in [-0.4, -0.2) is 81.8 Å². The van der Waals surface area contributed by atoms with Crippen molar-refractivity contribution in [2.75, 3.05) is 19.8 Å². The molecule has 3 rings (SSSR count). The van der Waals surface area contributed by atoms with E-state index in [1.54, 1.807) is 15.9 Å². The van der Waals surface area contributed by atoms with Gasteiger partial charge >= 0.3 is 5.97 Å². The molecule has 3 heterocycles. The number of rotatable bonds is 12. The van der Waals surface area contributed by atoms with Crippen molar-refractivity contribution in [3.63, 3.8) is 0 Å². The lowest BCUT2D eigenvalue weighted by molar-refractivity contribution is -0.158. The van der Waals surface area contributed by atoms with Crippen LogP contribution in [0.1, 0.15) is 74.1 Å². The van der Waals surface area contributed by atoms with E-state index in [-0.39, 0.29) is 36.4 Å². The number of likely N-dealkylation sites (tertiary alicyclic amines) is 1. The molecule has 8 heteroatoms. The number of amides is 2. The van der Waals surface area contributed by atoms with Gasteiger partial charge in [-0.25, -0.2) is 0 Å². The average Bonchev–Trinajstić information content (AvgIpc) is 3.47. The highest BCUT2D eigenvalue weighted by molar-refractivity contribution is 5.98. The van der Waals surface area contributed by atoms with Gasteiger partial charge < -0.3 is 24.4 Å². The molecule has 7 atom stereocenters. The number of carbonyl (C=O) groups excluding carboxylic acids is 3. The van der Waals surface area contributed by atoms with Gasteiger partial charge in [-0.05, 0) is 44.4 Å². The summed E-state index contributed by atoms with van der Waals surface area (Å²) in [4.78, 5) is 45.5. The Morgan fingerprint density at radius 2 is 1.92 bits per heavy atom. The molecule has 38 heavy (non-hydrogen) atoms. The molecule has 2 amide bonds. The Hall–Kier alpha value is -2.19. The lowest BCUT2D eigenvalue weighted by Gasteiger charge is -2.47. The molecule has 1 N–H and O–H groups in total. The minimum Gasteiger partial charge on any atom is -0.461 e. The van der Waals surface area contributed by atoms with Crippen LogP contribution in [0.2, 0.25) is 0 Å². The van der Waals surface area contributed by atoms with Gasteiger partial charge in [0.2, 0.25) is 11.8 Å². The van der Waals surface area contributed by atoms with E-state index < -0.39 is 47.1 Å². The molecule has 2 unspecified atom stereocenters. The molecule has 0 aromatic heterocycles. The van der Waals surface area contributed by atoms with Gasteiger partial charge in [0.1, 0.15) is 18.2 Å².